The van der Waals surface area contributed by atoms with Crippen molar-refractivity contribution in [2.24, 2.45) is 0 Å². The molecule has 0 amide bonds. The van der Waals surface area contributed by atoms with E-state index < -0.39 is 9.84 Å². The van der Waals surface area contributed by atoms with Crippen molar-refractivity contribution in [1.82, 2.24) is 0 Å². The second-order valence-corrected chi connectivity index (χ2v) is 6.99. The minimum atomic E-state index is -3.16. The summed E-state index contributed by atoms with van der Waals surface area (Å²) < 4.78 is 23.3. The molecule has 0 atom stereocenters. The van der Waals surface area contributed by atoms with Crippen LogP contribution in [0.15, 0.2) is 64.4 Å². The van der Waals surface area contributed by atoms with Crippen molar-refractivity contribution < 1.29 is 8.42 Å². The summed E-state index contributed by atoms with van der Waals surface area (Å²) in [5, 5.41) is 0. The van der Waals surface area contributed by atoms with Crippen LogP contribution < -0.4 is 0 Å². The van der Waals surface area contributed by atoms with Gasteiger partial charge in [-0.2, -0.15) is 0 Å². The number of hydrogen-bond acceptors (Lipinski definition) is 3. The Kier molecular flexibility index (Phi) is 6.63. The molecule has 0 heterocycles. The van der Waals surface area contributed by atoms with E-state index in [9.17, 15) is 8.42 Å². The molecule has 0 bridgehead atoms. The quantitative estimate of drug-likeness (QED) is 0.643. The van der Waals surface area contributed by atoms with Crippen LogP contribution in [0.25, 0.3) is 0 Å². The Morgan fingerprint density at radius 3 is 2.16 bits per heavy atom. The normalized spacial score (nSPS) is 10.8. The number of thioether (sulfide) groups is 1. The Bertz CT molecular complexity index is 625. The van der Waals surface area contributed by atoms with Crippen molar-refractivity contribution in [3.8, 4) is 0 Å². The van der Waals surface area contributed by atoms with Crippen molar-refractivity contribution in [2.75, 3.05) is 6.26 Å². The smallest absolute Gasteiger partial charge is 0.176 e. The molecule has 0 aliphatic carbocycles. The average molecular weight is 301 g/mol. The Labute approximate surface area is 140 Å². The average Bonchev–Trinajstić information content (AvgIpc) is 2.37. The van der Waals surface area contributed by atoms with Gasteiger partial charge in [0.15, 0.2) is 9.84 Å². The zero-order valence-electron chi connectivity index (χ0n) is 11.0. The molecular weight excluding hydrogens is 287 g/mol. The first kappa shape index (κ1) is 16.8. The monoisotopic (exact) mass is 301 g/mol. The summed E-state index contributed by atoms with van der Waals surface area (Å²) in [7, 11) is -3.16. The molecule has 2 aromatic carbocycles. The maximum absolute atomic E-state index is 11.7. The van der Waals surface area contributed by atoms with Gasteiger partial charge in [-0.3, -0.25) is 0 Å². The zero-order valence-corrected chi connectivity index (χ0v) is 14.7. The van der Waals surface area contributed by atoms with Crippen LogP contribution in [0.3, 0.4) is 0 Å². The van der Waals surface area contributed by atoms with Gasteiger partial charge in [0.2, 0.25) is 0 Å². The predicted octanol–water partition coefficient (Wildman–Crippen LogP) is 3.00. The van der Waals surface area contributed by atoms with Gasteiger partial charge in [0.1, 0.15) is 0 Å². The molecule has 19 heavy (non-hydrogen) atoms. The first-order valence-electron chi connectivity index (χ1n) is 5.53. The van der Waals surface area contributed by atoms with Crippen LogP contribution in [0.2, 0.25) is 0 Å². The molecular formula is C14H14NaO2S2. The van der Waals surface area contributed by atoms with E-state index >= 15 is 0 Å². The summed E-state index contributed by atoms with van der Waals surface area (Å²) in [6.07, 6.45) is 1.24. The van der Waals surface area contributed by atoms with E-state index in [1.165, 1.54) is 11.8 Å². The van der Waals surface area contributed by atoms with Crippen LogP contribution >= 0.6 is 11.8 Å². The molecule has 5 heteroatoms. The summed E-state index contributed by atoms with van der Waals surface area (Å²) in [5.41, 5.74) is 1.19. The SMILES string of the molecule is CS(=O)(=O)c1ccccc1SCc1ccccc1.[Na]. The number of sulfone groups is 1. The van der Waals surface area contributed by atoms with Gasteiger partial charge in [-0.15, -0.1) is 11.8 Å². The van der Waals surface area contributed by atoms with Crippen molar-refractivity contribution in [3.05, 3.63) is 60.2 Å². The second kappa shape index (κ2) is 7.50. The standard InChI is InChI=1S/C14H14O2S2.Na/c1-18(15,16)14-10-6-5-9-13(14)17-11-12-7-3-2-4-8-12;/h2-10H,11H2,1H3;. The minimum absolute atomic E-state index is 0. The van der Waals surface area contributed by atoms with Crippen molar-refractivity contribution >= 4 is 51.2 Å². The van der Waals surface area contributed by atoms with E-state index in [1.807, 2.05) is 42.5 Å². The molecule has 0 fully saturated rings. The molecule has 95 valence electrons. The summed E-state index contributed by atoms with van der Waals surface area (Å²) in [6, 6.07) is 17.1. The van der Waals surface area contributed by atoms with E-state index in [-0.39, 0.29) is 29.6 Å². The topological polar surface area (TPSA) is 34.1 Å². The van der Waals surface area contributed by atoms with E-state index in [4.69, 9.17) is 0 Å². The summed E-state index contributed by atoms with van der Waals surface area (Å²) >= 11 is 1.55. The molecule has 1 radical (unpaired) electrons. The molecule has 0 saturated carbocycles. The maximum Gasteiger partial charge on any atom is 0.176 e. The molecule has 0 aliphatic rings. The van der Waals surface area contributed by atoms with Crippen LogP contribution in [-0.4, -0.2) is 44.2 Å². The molecule has 0 saturated heterocycles. The Morgan fingerprint density at radius 2 is 1.53 bits per heavy atom. The molecule has 0 N–H and O–H groups in total. The van der Waals surface area contributed by atoms with Crippen molar-refractivity contribution in [1.29, 1.82) is 0 Å². The fraction of sp³-hybridized carbons (Fsp3) is 0.143. The molecule has 0 aromatic heterocycles. The van der Waals surface area contributed by atoms with Gasteiger partial charge in [0.05, 0.1) is 4.90 Å². The summed E-state index contributed by atoms with van der Waals surface area (Å²) in [6.45, 7) is 0. The Balaban J connectivity index is 0.00000180. The molecule has 0 unspecified atom stereocenters. The maximum atomic E-state index is 11.7. The van der Waals surface area contributed by atoms with Gasteiger partial charge >= 0.3 is 0 Å². The molecule has 2 rings (SSSR count). The third-order valence-electron chi connectivity index (χ3n) is 2.49. The van der Waals surface area contributed by atoms with Gasteiger partial charge in [-0.1, -0.05) is 42.5 Å². The first-order valence-corrected chi connectivity index (χ1v) is 8.41. The second-order valence-electron chi connectivity index (χ2n) is 3.99. The third-order valence-corrected chi connectivity index (χ3v) is 4.91. The van der Waals surface area contributed by atoms with Crippen molar-refractivity contribution in [2.45, 2.75) is 15.5 Å². The van der Waals surface area contributed by atoms with Gasteiger partial charge < -0.3 is 0 Å². The number of benzene rings is 2. The molecule has 0 aliphatic heterocycles. The molecule has 0 spiro atoms. The van der Waals surface area contributed by atoms with Crippen LogP contribution in [0, 0.1) is 0 Å². The Morgan fingerprint density at radius 1 is 0.947 bits per heavy atom. The predicted molar refractivity (Wildman–Crippen MR) is 81.3 cm³/mol. The summed E-state index contributed by atoms with van der Waals surface area (Å²) in [5.74, 6) is 0.771. The minimum Gasteiger partial charge on any atom is -0.224 e. The van der Waals surface area contributed by atoms with Crippen molar-refractivity contribution in [3.63, 3.8) is 0 Å². The van der Waals surface area contributed by atoms with Gasteiger partial charge in [-0.05, 0) is 17.7 Å². The van der Waals surface area contributed by atoms with Crippen LogP contribution in [0.5, 0.6) is 0 Å². The fourth-order valence-electron chi connectivity index (χ4n) is 1.61. The molecule has 2 aromatic rings. The first-order chi connectivity index (χ1) is 8.57. The van der Waals surface area contributed by atoms with E-state index in [1.54, 1.807) is 23.9 Å². The largest absolute Gasteiger partial charge is 0.224 e. The Hall–Kier alpha value is -0.260. The summed E-state index contributed by atoms with van der Waals surface area (Å²) in [4.78, 5) is 1.22. The van der Waals surface area contributed by atoms with E-state index in [0.717, 1.165) is 10.6 Å². The van der Waals surface area contributed by atoms with Crippen LogP contribution in [0.1, 0.15) is 5.56 Å². The van der Waals surface area contributed by atoms with E-state index in [0.29, 0.717) is 4.90 Å². The van der Waals surface area contributed by atoms with Gasteiger partial charge in [0, 0.05) is 46.5 Å². The number of hydrogen-bond donors (Lipinski definition) is 0. The van der Waals surface area contributed by atoms with E-state index in [2.05, 4.69) is 0 Å². The third kappa shape index (κ3) is 4.97. The zero-order chi connectivity index (χ0) is 13.0. The van der Waals surface area contributed by atoms with Gasteiger partial charge in [-0.25, -0.2) is 8.42 Å². The van der Waals surface area contributed by atoms with Gasteiger partial charge in [0.25, 0.3) is 0 Å². The van der Waals surface area contributed by atoms with Crippen LogP contribution in [-0.2, 0) is 15.6 Å². The molecule has 2 nitrogen and oxygen atoms in total. The fourth-order valence-corrected chi connectivity index (χ4v) is 3.90. The van der Waals surface area contributed by atoms with Crippen LogP contribution in [0.4, 0.5) is 0 Å². The number of rotatable bonds is 4.